The largest absolute Gasteiger partial charge is 0.466 e. The van der Waals surface area contributed by atoms with E-state index in [4.69, 9.17) is 9.47 Å². The zero-order chi connectivity index (χ0) is 17.1. The molecule has 1 aliphatic heterocycles. The fourth-order valence-electron chi connectivity index (χ4n) is 2.27. The molecule has 0 saturated carbocycles. The van der Waals surface area contributed by atoms with E-state index in [9.17, 15) is 14.0 Å². The van der Waals surface area contributed by atoms with Crippen molar-refractivity contribution < 1.29 is 28.2 Å². The summed E-state index contributed by atoms with van der Waals surface area (Å²) in [6, 6.07) is 3.13. The molecular weight excluding hydrogens is 373 g/mol. The van der Waals surface area contributed by atoms with Gasteiger partial charge in [-0.2, -0.15) is 0 Å². The van der Waals surface area contributed by atoms with E-state index in [0.29, 0.717) is 15.7 Å². The SMILES string of the molecule is COC(=O)C1=C(C(=O)OC)N(c2ccc(Br)c(F)c2C)COC1. The van der Waals surface area contributed by atoms with Crippen LogP contribution in [-0.2, 0) is 23.8 Å². The van der Waals surface area contributed by atoms with Crippen molar-refractivity contribution in [1.82, 2.24) is 0 Å². The van der Waals surface area contributed by atoms with Gasteiger partial charge in [0.2, 0.25) is 0 Å². The maximum absolute atomic E-state index is 14.1. The Balaban J connectivity index is 2.62. The number of carbonyl (C=O) groups excluding carboxylic acids is 2. The quantitative estimate of drug-likeness (QED) is 0.741. The molecule has 0 aliphatic carbocycles. The average molecular weight is 388 g/mol. The normalized spacial score (nSPS) is 14.7. The van der Waals surface area contributed by atoms with Crippen LogP contribution >= 0.6 is 15.9 Å². The van der Waals surface area contributed by atoms with Gasteiger partial charge in [-0.3, -0.25) is 0 Å². The Labute approximate surface area is 140 Å². The minimum atomic E-state index is -0.726. The van der Waals surface area contributed by atoms with Crippen LogP contribution in [0.5, 0.6) is 0 Å². The lowest BCUT2D eigenvalue weighted by atomic mass is 10.1. The summed E-state index contributed by atoms with van der Waals surface area (Å²) in [5.74, 6) is -1.89. The summed E-state index contributed by atoms with van der Waals surface area (Å²) in [6.45, 7) is 1.45. The molecule has 1 aromatic carbocycles. The van der Waals surface area contributed by atoms with Crippen LogP contribution in [0, 0.1) is 12.7 Å². The zero-order valence-electron chi connectivity index (χ0n) is 12.8. The Bertz CT molecular complexity index is 689. The molecule has 0 aromatic heterocycles. The Hall–Kier alpha value is -1.93. The smallest absolute Gasteiger partial charge is 0.355 e. The molecule has 0 N–H and O–H groups in total. The van der Waals surface area contributed by atoms with Crippen molar-refractivity contribution in [2.75, 3.05) is 32.5 Å². The van der Waals surface area contributed by atoms with Gasteiger partial charge in [0.25, 0.3) is 0 Å². The topological polar surface area (TPSA) is 65.1 Å². The summed E-state index contributed by atoms with van der Waals surface area (Å²) >= 11 is 3.11. The Kier molecular flexibility index (Phi) is 5.38. The molecule has 0 saturated heterocycles. The molecule has 23 heavy (non-hydrogen) atoms. The van der Waals surface area contributed by atoms with Crippen LogP contribution < -0.4 is 4.90 Å². The lowest BCUT2D eigenvalue weighted by Gasteiger charge is -2.32. The molecule has 0 radical (unpaired) electrons. The lowest BCUT2D eigenvalue weighted by Crippen LogP contribution is -2.39. The molecule has 124 valence electrons. The molecule has 6 nitrogen and oxygen atoms in total. The predicted molar refractivity (Wildman–Crippen MR) is 83.2 cm³/mol. The molecule has 1 aliphatic rings. The Morgan fingerprint density at radius 3 is 2.52 bits per heavy atom. The van der Waals surface area contributed by atoms with Crippen molar-refractivity contribution in [1.29, 1.82) is 0 Å². The van der Waals surface area contributed by atoms with Gasteiger partial charge in [0.15, 0.2) is 0 Å². The minimum Gasteiger partial charge on any atom is -0.466 e. The number of ether oxygens (including phenoxy) is 3. The number of hydrogen-bond acceptors (Lipinski definition) is 6. The van der Waals surface area contributed by atoms with E-state index >= 15 is 0 Å². The highest BCUT2D eigenvalue weighted by Crippen LogP contribution is 2.32. The molecule has 0 spiro atoms. The van der Waals surface area contributed by atoms with Crippen LogP contribution in [0.1, 0.15) is 5.56 Å². The van der Waals surface area contributed by atoms with Crippen molar-refractivity contribution in [3.8, 4) is 0 Å². The first-order valence-electron chi connectivity index (χ1n) is 6.62. The van der Waals surface area contributed by atoms with Gasteiger partial charge in [0.1, 0.15) is 18.2 Å². The van der Waals surface area contributed by atoms with Crippen LogP contribution in [-0.4, -0.2) is 39.5 Å². The first-order valence-corrected chi connectivity index (χ1v) is 7.41. The second-order valence-corrected chi connectivity index (χ2v) is 5.58. The fraction of sp³-hybridized carbons (Fsp3) is 0.333. The summed E-state index contributed by atoms with van der Waals surface area (Å²) in [5, 5.41) is 0. The Morgan fingerprint density at radius 2 is 1.91 bits per heavy atom. The third-order valence-corrected chi connectivity index (χ3v) is 4.05. The number of halogens is 2. The molecule has 0 fully saturated rings. The summed E-state index contributed by atoms with van der Waals surface area (Å²) < 4.78 is 29.2. The molecule has 0 amide bonds. The van der Waals surface area contributed by atoms with E-state index in [1.54, 1.807) is 13.0 Å². The van der Waals surface area contributed by atoms with Crippen molar-refractivity contribution in [2.45, 2.75) is 6.92 Å². The van der Waals surface area contributed by atoms with Crippen LogP contribution in [0.15, 0.2) is 27.9 Å². The number of hydrogen-bond donors (Lipinski definition) is 0. The molecule has 2 rings (SSSR count). The van der Waals surface area contributed by atoms with Gasteiger partial charge < -0.3 is 19.1 Å². The number of anilines is 1. The lowest BCUT2D eigenvalue weighted by molar-refractivity contribution is -0.140. The first-order chi connectivity index (χ1) is 10.9. The maximum atomic E-state index is 14.1. The zero-order valence-corrected chi connectivity index (χ0v) is 14.4. The third kappa shape index (κ3) is 3.23. The number of carbonyl (C=O) groups is 2. The van der Waals surface area contributed by atoms with Crippen molar-refractivity contribution >= 4 is 33.6 Å². The number of esters is 2. The first kappa shape index (κ1) is 17.4. The van der Waals surface area contributed by atoms with Crippen molar-refractivity contribution in [3.63, 3.8) is 0 Å². The predicted octanol–water partition coefficient (Wildman–Crippen LogP) is 2.29. The van der Waals surface area contributed by atoms with E-state index in [1.165, 1.54) is 25.2 Å². The van der Waals surface area contributed by atoms with Gasteiger partial charge in [-0.05, 0) is 35.0 Å². The maximum Gasteiger partial charge on any atom is 0.355 e. The monoisotopic (exact) mass is 387 g/mol. The average Bonchev–Trinajstić information content (AvgIpc) is 2.57. The molecule has 8 heteroatoms. The van der Waals surface area contributed by atoms with Crippen LogP contribution in [0.4, 0.5) is 10.1 Å². The second-order valence-electron chi connectivity index (χ2n) is 4.72. The highest BCUT2D eigenvalue weighted by molar-refractivity contribution is 9.10. The molecule has 0 atom stereocenters. The number of rotatable bonds is 3. The van der Waals surface area contributed by atoms with Gasteiger partial charge >= 0.3 is 11.9 Å². The summed E-state index contributed by atoms with van der Waals surface area (Å²) in [4.78, 5) is 25.5. The minimum absolute atomic E-state index is 0.0181. The van der Waals surface area contributed by atoms with E-state index < -0.39 is 17.8 Å². The van der Waals surface area contributed by atoms with Gasteiger partial charge in [-0.1, -0.05) is 0 Å². The molecule has 1 aromatic rings. The summed E-state index contributed by atoms with van der Waals surface area (Å²) in [6.07, 6.45) is 0. The Morgan fingerprint density at radius 1 is 1.26 bits per heavy atom. The second kappa shape index (κ2) is 7.10. The fourth-order valence-corrected chi connectivity index (χ4v) is 2.70. The molecule has 0 bridgehead atoms. The van der Waals surface area contributed by atoms with E-state index in [2.05, 4.69) is 20.7 Å². The van der Waals surface area contributed by atoms with Gasteiger partial charge in [0, 0.05) is 11.3 Å². The van der Waals surface area contributed by atoms with E-state index in [0.717, 1.165) is 0 Å². The molecule has 1 heterocycles. The molecule has 0 unspecified atom stereocenters. The van der Waals surface area contributed by atoms with E-state index in [1.807, 2.05) is 0 Å². The van der Waals surface area contributed by atoms with Crippen LogP contribution in [0.3, 0.4) is 0 Å². The number of methoxy groups -OCH3 is 2. The molecular formula is C15H15BrFNO5. The standard InChI is InChI=1S/C15H15BrFNO5/c1-8-11(5-4-10(16)12(8)17)18-7-23-6-9(14(19)21-2)13(18)15(20)22-3/h4-5H,6-7H2,1-3H3. The van der Waals surface area contributed by atoms with Crippen LogP contribution in [0.2, 0.25) is 0 Å². The highest BCUT2D eigenvalue weighted by atomic mass is 79.9. The third-order valence-electron chi connectivity index (χ3n) is 3.43. The summed E-state index contributed by atoms with van der Waals surface area (Å²) in [7, 11) is 2.40. The van der Waals surface area contributed by atoms with Crippen molar-refractivity contribution in [3.05, 3.63) is 39.3 Å². The summed E-state index contributed by atoms with van der Waals surface area (Å²) in [5.41, 5.74) is 0.700. The highest BCUT2D eigenvalue weighted by Gasteiger charge is 2.33. The van der Waals surface area contributed by atoms with Gasteiger partial charge in [-0.15, -0.1) is 0 Å². The van der Waals surface area contributed by atoms with Crippen molar-refractivity contribution in [2.24, 2.45) is 0 Å². The number of benzene rings is 1. The van der Waals surface area contributed by atoms with Gasteiger partial charge in [-0.25, -0.2) is 14.0 Å². The number of nitrogens with zero attached hydrogens (tertiary/aromatic N) is 1. The van der Waals surface area contributed by atoms with Gasteiger partial charge in [0.05, 0.1) is 30.9 Å². The van der Waals surface area contributed by atoms with Crippen LogP contribution in [0.25, 0.3) is 0 Å². The van der Waals surface area contributed by atoms with E-state index in [-0.39, 0.29) is 24.6 Å².